The Bertz CT molecular complexity index is 818. The monoisotopic (exact) mass is 395 g/mol. The van der Waals surface area contributed by atoms with Crippen LogP contribution in [0.25, 0.3) is 0 Å². The van der Waals surface area contributed by atoms with Crippen molar-refractivity contribution in [3.05, 3.63) is 29.8 Å². The van der Waals surface area contributed by atoms with Crippen LogP contribution >= 0.6 is 0 Å². The molecule has 1 aromatic carbocycles. The molecule has 0 unspecified atom stereocenters. The largest absolute Gasteiger partial charge is 0.451 e. The molecule has 0 aromatic heterocycles. The molecule has 1 atom stereocenters. The van der Waals surface area contributed by atoms with Gasteiger partial charge in [0.1, 0.15) is 29.4 Å². The molecule has 1 aliphatic carbocycles. The predicted molar refractivity (Wildman–Crippen MR) is 92.0 cm³/mol. The summed E-state index contributed by atoms with van der Waals surface area (Å²) < 4.78 is 32.1. The van der Waals surface area contributed by atoms with Crippen molar-refractivity contribution in [3.63, 3.8) is 0 Å². The first-order valence-electron chi connectivity index (χ1n) is 8.82. The summed E-state index contributed by atoms with van der Waals surface area (Å²) >= 11 is 0. The third kappa shape index (κ3) is 3.67. The van der Waals surface area contributed by atoms with E-state index in [-0.39, 0.29) is 0 Å². The third-order valence-electron chi connectivity index (χ3n) is 4.88. The summed E-state index contributed by atoms with van der Waals surface area (Å²) in [6.07, 6.45) is 1.22. The lowest BCUT2D eigenvalue weighted by Gasteiger charge is -2.20. The number of benzene rings is 1. The molecule has 2 fully saturated rings. The second kappa shape index (κ2) is 7.53. The number of rotatable bonds is 5. The van der Waals surface area contributed by atoms with Gasteiger partial charge in [0.05, 0.1) is 0 Å². The van der Waals surface area contributed by atoms with Gasteiger partial charge >= 0.3 is 12.0 Å². The number of ether oxygens (including phenoxy) is 1. The second-order valence-electron chi connectivity index (χ2n) is 6.83. The van der Waals surface area contributed by atoms with Gasteiger partial charge in [-0.1, -0.05) is 18.9 Å². The number of halogens is 2. The number of hydrogen-bond donors (Lipinski definition) is 2. The Morgan fingerprint density at radius 3 is 2.46 bits per heavy atom. The fraction of sp³-hybridized carbons (Fsp3) is 0.444. The molecule has 1 aromatic rings. The maximum atomic E-state index is 13.6. The summed E-state index contributed by atoms with van der Waals surface area (Å²) in [5.74, 6) is -4.39. The highest BCUT2D eigenvalue weighted by Gasteiger charge is 2.52. The molecule has 8 nitrogen and oxygen atoms in total. The number of imide groups is 1. The highest BCUT2D eigenvalue weighted by Crippen LogP contribution is 2.34. The first-order valence-corrected chi connectivity index (χ1v) is 8.82. The molecule has 4 amide bonds. The van der Waals surface area contributed by atoms with E-state index >= 15 is 0 Å². The number of para-hydroxylation sites is 1. The van der Waals surface area contributed by atoms with Crippen LogP contribution in [0.3, 0.4) is 0 Å². The van der Waals surface area contributed by atoms with Gasteiger partial charge in [-0.2, -0.15) is 0 Å². The minimum atomic E-state index is -1.40. The van der Waals surface area contributed by atoms with Gasteiger partial charge in [-0.05, 0) is 31.9 Å². The molecule has 150 valence electrons. The average molecular weight is 395 g/mol. The number of nitrogens with one attached hydrogen (secondary N) is 2. The highest BCUT2D eigenvalue weighted by molar-refractivity contribution is 6.09. The van der Waals surface area contributed by atoms with E-state index in [1.165, 1.54) is 6.92 Å². The molecule has 28 heavy (non-hydrogen) atoms. The summed E-state index contributed by atoms with van der Waals surface area (Å²) in [7, 11) is 0. The van der Waals surface area contributed by atoms with E-state index in [0.717, 1.165) is 35.9 Å². The molecular weight excluding hydrogens is 376 g/mol. The lowest BCUT2D eigenvalue weighted by atomic mass is 9.98. The first kappa shape index (κ1) is 19.7. The molecule has 0 bridgehead atoms. The fourth-order valence-electron chi connectivity index (χ4n) is 3.40. The van der Waals surface area contributed by atoms with Crippen LogP contribution in [0.1, 0.15) is 32.6 Å². The quantitative estimate of drug-likeness (QED) is 0.583. The zero-order valence-corrected chi connectivity index (χ0v) is 15.1. The topological polar surface area (TPSA) is 105 Å². The summed E-state index contributed by atoms with van der Waals surface area (Å²) in [5, 5.41) is 4.63. The number of anilines is 1. The summed E-state index contributed by atoms with van der Waals surface area (Å²) in [5.41, 5.74) is -1.62. The molecule has 3 rings (SSSR count). The number of esters is 1. The Hall–Kier alpha value is -3.04. The number of hydrogen-bond acceptors (Lipinski definition) is 5. The molecule has 2 aliphatic rings. The van der Waals surface area contributed by atoms with E-state index < -0.39 is 59.3 Å². The lowest BCUT2D eigenvalue weighted by Crippen LogP contribution is -2.44. The van der Waals surface area contributed by atoms with Crippen molar-refractivity contribution in [1.82, 2.24) is 10.2 Å². The van der Waals surface area contributed by atoms with Gasteiger partial charge in [-0.3, -0.25) is 19.3 Å². The minimum Gasteiger partial charge on any atom is -0.451 e. The second-order valence-corrected chi connectivity index (χ2v) is 6.83. The highest BCUT2D eigenvalue weighted by atomic mass is 19.1. The van der Waals surface area contributed by atoms with Gasteiger partial charge in [0.25, 0.3) is 11.8 Å². The van der Waals surface area contributed by atoms with Crippen LogP contribution in [0.15, 0.2) is 18.2 Å². The van der Waals surface area contributed by atoms with Crippen molar-refractivity contribution in [2.75, 3.05) is 11.9 Å². The number of urea groups is 1. The summed E-state index contributed by atoms with van der Waals surface area (Å²) in [6.45, 7) is 0.550. The molecule has 1 heterocycles. The van der Waals surface area contributed by atoms with E-state index in [0.29, 0.717) is 12.8 Å². The number of amides is 4. The van der Waals surface area contributed by atoms with Crippen LogP contribution in [0.5, 0.6) is 0 Å². The van der Waals surface area contributed by atoms with Gasteiger partial charge in [-0.15, -0.1) is 0 Å². The first-order chi connectivity index (χ1) is 13.2. The van der Waals surface area contributed by atoms with E-state index in [2.05, 4.69) is 5.32 Å². The van der Waals surface area contributed by atoms with Crippen LogP contribution in [0.2, 0.25) is 0 Å². The van der Waals surface area contributed by atoms with E-state index in [1.54, 1.807) is 0 Å². The maximum absolute atomic E-state index is 13.6. The summed E-state index contributed by atoms with van der Waals surface area (Å²) in [6, 6.07) is 2.38. The van der Waals surface area contributed by atoms with Gasteiger partial charge < -0.3 is 15.4 Å². The molecule has 1 spiro atoms. The Balaban J connectivity index is 1.58. The van der Waals surface area contributed by atoms with Crippen molar-refractivity contribution in [3.8, 4) is 0 Å². The molecule has 1 saturated carbocycles. The van der Waals surface area contributed by atoms with Crippen LogP contribution in [0.4, 0.5) is 19.3 Å². The van der Waals surface area contributed by atoms with Crippen molar-refractivity contribution in [2.45, 2.75) is 44.2 Å². The standard InChI is InChI=1S/C18H19F2N3O5/c1-10(15(25)21-14-11(19)5-4-6-12(14)20)28-13(24)9-23-16(26)18(22-17(23)27)7-2-3-8-18/h4-6,10H,2-3,7-9H2,1H3,(H,21,25)(H,22,27)/t10-/m0/s1. The Kier molecular flexibility index (Phi) is 5.30. The predicted octanol–water partition coefficient (Wildman–Crippen LogP) is 1.70. The Morgan fingerprint density at radius 2 is 1.86 bits per heavy atom. The molecule has 10 heteroatoms. The van der Waals surface area contributed by atoms with Crippen molar-refractivity contribution >= 4 is 29.5 Å². The Morgan fingerprint density at radius 1 is 1.25 bits per heavy atom. The molecule has 0 radical (unpaired) electrons. The molecule has 1 saturated heterocycles. The van der Waals surface area contributed by atoms with Crippen molar-refractivity contribution in [2.24, 2.45) is 0 Å². The number of carbonyl (C=O) groups is 4. The SMILES string of the molecule is C[C@H](OC(=O)CN1C(=O)NC2(CCCC2)C1=O)C(=O)Nc1c(F)cccc1F. The summed E-state index contributed by atoms with van der Waals surface area (Å²) in [4.78, 5) is 49.4. The number of carbonyl (C=O) groups excluding carboxylic acids is 4. The van der Waals surface area contributed by atoms with Crippen LogP contribution in [-0.2, 0) is 19.1 Å². The number of nitrogens with zero attached hydrogens (tertiary/aromatic N) is 1. The fourth-order valence-corrected chi connectivity index (χ4v) is 3.40. The Labute approximate surface area is 159 Å². The van der Waals surface area contributed by atoms with Gasteiger partial charge in [-0.25, -0.2) is 13.6 Å². The molecular formula is C18H19F2N3O5. The lowest BCUT2D eigenvalue weighted by molar-refractivity contribution is -0.155. The minimum absolute atomic E-state index is 0.488. The van der Waals surface area contributed by atoms with E-state index in [4.69, 9.17) is 4.74 Å². The van der Waals surface area contributed by atoms with Gasteiger partial charge in [0, 0.05) is 0 Å². The zero-order valence-electron chi connectivity index (χ0n) is 15.1. The third-order valence-corrected chi connectivity index (χ3v) is 4.88. The molecule has 2 N–H and O–H groups in total. The molecule has 1 aliphatic heterocycles. The van der Waals surface area contributed by atoms with E-state index in [1.807, 2.05) is 5.32 Å². The maximum Gasteiger partial charge on any atom is 0.327 e. The van der Waals surface area contributed by atoms with Crippen molar-refractivity contribution in [1.29, 1.82) is 0 Å². The average Bonchev–Trinajstić information content (AvgIpc) is 3.19. The van der Waals surface area contributed by atoms with Crippen molar-refractivity contribution < 1.29 is 32.7 Å². The van der Waals surface area contributed by atoms with Crippen LogP contribution < -0.4 is 10.6 Å². The zero-order chi connectivity index (χ0) is 20.5. The van der Waals surface area contributed by atoms with Crippen LogP contribution in [-0.4, -0.2) is 46.9 Å². The van der Waals surface area contributed by atoms with E-state index in [9.17, 15) is 28.0 Å². The van der Waals surface area contributed by atoms with Gasteiger partial charge in [0.2, 0.25) is 0 Å². The smallest absolute Gasteiger partial charge is 0.327 e. The normalized spacial score (nSPS) is 18.9. The van der Waals surface area contributed by atoms with Gasteiger partial charge in [0.15, 0.2) is 6.10 Å². The van der Waals surface area contributed by atoms with Crippen LogP contribution in [0, 0.1) is 11.6 Å².